The van der Waals surface area contributed by atoms with Gasteiger partial charge in [0.1, 0.15) is 5.82 Å². The zero-order chi connectivity index (χ0) is 17.4. The van der Waals surface area contributed by atoms with Gasteiger partial charge in [-0.15, -0.1) is 0 Å². The molecular weight excluding hydrogens is 304 g/mol. The summed E-state index contributed by atoms with van der Waals surface area (Å²) in [5.74, 6) is 1.60. The Morgan fingerprint density at radius 1 is 1.42 bits per heavy atom. The minimum Gasteiger partial charge on any atom is -0.478 e. The van der Waals surface area contributed by atoms with E-state index in [0.717, 1.165) is 38.3 Å². The Morgan fingerprint density at radius 2 is 2.17 bits per heavy atom. The number of rotatable bonds is 7. The number of anilines is 1. The second-order valence-electron chi connectivity index (χ2n) is 6.20. The van der Waals surface area contributed by atoms with Crippen LogP contribution in [0.5, 0.6) is 5.88 Å². The van der Waals surface area contributed by atoms with Crippen LogP contribution in [0.25, 0.3) is 0 Å². The summed E-state index contributed by atoms with van der Waals surface area (Å²) in [5, 5.41) is 3.08. The van der Waals surface area contributed by atoms with E-state index in [-0.39, 0.29) is 11.9 Å². The summed E-state index contributed by atoms with van der Waals surface area (Å²) in [4.78, 5) is 20.7. The molecule has 0 unspecified atom stereocenters. The monoisotopic (exact) mass is 332 g/mol. The van der Waals surface area contributed by atoms with Gasteiger partial charge in [-0.2, -0.15) is 4.98 Å². The number of likely N-dealkylation sites (N-methyl/N-ethyl adjacent to an activating group) is 1. The van der Waals surface area contributed by atoms with Crippen LogP contribution >= 0.6 is 0 Å². The third kappa shape index (κ3) is 5.85. The average Bonchev–Trinajstić information content (AvgIpc) is 2.56. The first-order chi connectivity index (χ1) is 11.6. The predicted molar refractivity (Wildman–Crippen MR) is 96.5 cm³/mol. The molecule has 0 aromatic carbocycles. The number of hydrogen-bond acceptors (Lipinski definition) is 5. The van der Waals surface area contributed by atoms with E-state index in [0.29, 0.717) is 12.5 Å². The number of piperidine rings is 1. The largest absolute Gasteiger partial charge is 0.478 e. The van der Waals surface area contributed by atoms with Gasteiger partial charge < -0.3 is 19.9 Å². The summed E-state index contributed by atoms with van der Waals surface area (Å²) in [6.45, 7) is 5.11. The van der Waals surface area contributed by atoms with Crippen molar-refractivity contribution in [1.82, 2.24) is 15.2 Å². The van der Waals surface area contributed by atoms with Gasteiger partial charge in [-0.3, -0.25) is 4.79 Å². The Bertz CT molecular complexity index is 552. The SMILES string of the molecule is CCOc1cccc(N2CCC(NC(=O)/C=C/CN(C)C)CC2)n1. The van der Waals surface area contributed by atoms with Crippen LogP contribution in [-0.4, -0.2) is 62.2 Å². The molecule has 1 N–H and O–H groups in total. The van der Waals surface area contributed by atoms with Gasteiger partial charge in [0.15, 0.2) is 0 Å². The van der Waals surface area contributed by atoms with Gasteiger partial charge in [0.05, 0.1) is 6.61 Å². The summed E-state index contributed by atoms with van der Waals surface area (Å²) < 4.78 is 5.46. The topological polar surface area (TPSA) is 57.7 Å². The van der Waals surface area contributed by atoms with Gasteiger partial charge in [0.25, 0.3) is 0 Å². The van der Waals surface area contributed by atoms with Gasteiger partial charge in [-0.25, -0.2) is 0 Å². The zero-order valence-electron chi connectivity index (χ0n) is 14.9. The Morgan fingerprint density at radius 3 is 2.83 bits per heavy atom. The number of pyridine rings is 1. The highest BCUT2D eigenvalue weighted by atomic mass is 16.5. The van der Waals surface area contributed by atoms with Gasteiger partial charge in [-0.05, 0) is 39.9 Å². The van der Waals surface area contributed by atoms with E-state index in [2.05, 4.69) is 15.2 Å². The normalized spacial score (nSPS) is 15.9. The standard InChI is InChI=1S/C18H28N4O2/c1-4-24-18-9-5-7-16(20-18)22-13-10-15(11-14-22)19-17(23)8-6-12-21(2)3/h5-9,15H,4,10-14H2,1-3H3,(H,19,23)/b8-6+. The third-order valence-corrected chi connectivity index (χ3v) is 3.91. The van der Waals surface area contributed by atoms with Crippen LogP contribution < -0.4 is 15.0 Å². The lowest BCUT2D eigenvalue weighted by Crippen LogP contribution is -2.44. The van der Waals surface area contributed by atoms with Crippen LogP contribution in [0.4, 0.5) is 5.82 Å². The highest BCUT2D eigenvalue weighted by Crippen LogP contribution is 2.20. The number of hydrogen-bond donors (Lipinski definition) is 1. The molecule has 0 aliphatic carbocycles. The van der Waals surface area contributed by atoms with E-state index in [4.69, 9.17) is 4.74 Å². The van der Waals surface area contributed by atoms with Gasteiger partial charge in [0, 0.05) is 37.8 Å². The first-order valence-electron chi connectivity index (χ1n) is 8.55. The number of carbonyl (C=O) groups is 1. The van der Waals surface area contributed by atoms with E-state index in [1.807, 2.05) is 50.2 Å². The second kappa shape index (κ2) is 9.27. The number of aromatic nitrogens is 1. The van der Waals surface area contributed by atoms with E-state index >= 15 is 0 Å². The van der Waals surface area contributed by atoms with Crippen molar-refractivity contribution in [2.45, 2.75) is 25.8 Å². The van der Waals surface area contributed by atoms with Crippen LogP contribution in [0.15, 0.2) is 30.4 Å². The highest BCUT2D eigenvalue weighted by molar-refractivity contribution is 5.87. The first kappa shape index (κ1) is 18.3. The molecule has 1 fully saturated rings. The summed E-state index contributed by atoms with van der Waals surface area (Å²) >= 11 is 0. The quantitative estimate of drug-likeness (QED) is 0.770. The minimum absolute atomic E-state index is 0.00762. The molecule has 1 aliphatic heterocycles. The lowest BCUT2D eigenvalue weighted by molar-refractivity contribution is -0.117. The molecule has 6 heteroatoms. The molecule has 0 spiro atoms. The maximum Gasteiger partial charge on any atom is 0.243 e. The lowest BCUT2D eigenvalue weighted by atomic mass is 10.0. The van der Waals surface area contributed by atoms with Crippen molar-refractivity contribution in [3.63, 3.8) is 0 Å². The molecule has 0 radical (unpaired) electrons. The molecule has 0 bridgehead atoms. The molecule has 2 heterocycles. The molecule has 2 rings (SSSR count). The van der Waals surface area contributed by atoms with Crippen molar-refractivity contribution in [2.24, 2.45) is 0 Å². The van der Waals surface area contributed by atoms with Gasteiger partial charge in [0.2, 0.25) is 11.8 Å². The fraction of sp³-hybridized carbons (Fsp3) is 0.556. The molecular formula is C18H28N4O2. The second-order valence-corrected chi connectivity index (χ2v) is 6.20. The minimum atomic E-state index is -0.00762. The third-order valence-electron chi connectivity index (χ3n) is 3.91. The van der Waals surface area contributed by atoms with Crippen LogP contribution in [0, 0.1) is 0 Å². The molecule has 132 valence electrons. The molecule has 1 amide bonds. The number of amides is 1. The van der Waals surface area contributed by atoms with Crippen LogP contribution in [-0.2, 0) is 4.79 Å². The fourth-order valence-electron chi connectivity index (χ4n) is 2.68. The smallest absolute Gasteiger partial charge is 0.243 e. The Hall–Kier alpha value is -2.08. The van der Waals surface area contributed by atoms with E-state index < -0.39 is 0 Å². The van der Waals surface area contributed by atoms with Gasteiger partial charge >= 0.3 is 0 Å². The molecule has 0 atom stereocenters. The van der Waals surface area contributed by atoms with Crippen molar-refractivity contribution in [2.75, 3.05) is 45.2 Å². The molecule has 1 aromatic heterocycles. The zero-order valence-corrected chi connectivity index (χ0v) is 14.9. The van der Waals surface area contributed by atoms with Crippen LogP contribution in [0.1, 0.15) is 19.8 Å². The average molecular weight is 332 g/mol. The number of nitrogens with zero attached hydrogens (tertiary/aromatic N) is 3. The number of carbonyl (C=O) groups excluding carboxylic acids is 1. The molecule has 1 aromatic rings. The molecule has 6 nitrogen and oxygen atoms in total. The number of ether oxygens (including phenoxy) is 1. The van der Waals surface area contributed by atoms with E-state index in [1.54, 1.807) is 6.08 Å². The summed E-state index contributed by atoms with van der Waals surface area (Å²) in [6.07, 6.45) is 5.36. The Balaban J connectivity index is 1.80. The predicted octanol–water partition coefficient (Wildman–Crippen LogP) is 1.68. The Labute approximate surface area is 144 Å². The highest BCUT2D eigenvalue weighted by Gasteiger charge is 2.21. The molecule has 24 heavy (non-hydrogen) atoms. The van der Waals surface area contributed by atoms with Crippen LogP contribution in [0.2, 0.25) is 0 Å². The summed E-state index contributed by atoms with van der Waals surface area (Å²) in [5.41, 5.74) is 0. The maximum absolute atomic E-state index is 11.9. The molecule has 1 saturated heterocycles. The van der Waals surface area contributed by atoms with E-state index in [9.17, 15) is 4.79 Å². The van der Waals surface area contributed by atoms with Crippen molar-refractivity contribution >= 4 is 11.7 Å². The van der Waals surface area contributed by atoms with E-state index in [1.165, 1.54) is 0 Å². The van der Waals surface area contributed by atoms with Crippen molar-refractivity contribution in [3.8, 4) is 5.88 Å². The fourth-order valence-corrected chi connectivity index (χ4v) is 2.68. The Kier molecular flexibility index (Phi) is 7.06. The molecule has 1 aliphatic rings. The van der Waals surface area contributed by atoms with Crippen molar-refractivity contribution in [3.05, 3.63) is 30.4 Å². The summed E-state index contributed by atoms with van der Waals surface area (Å²) in [7, 11) is 3.96. The van der Waals surface area contributed by atoms with Crippen molar-refractivity contribution < 1.29 is 9.53 Å². The van der Waals surface area contributed by atoms with Crippen LogP contribution in [0.3, 0.4) is 0 Å². The summed E-state index contributed by atoms with van der Waals surface area (Å²) in [6, 6.07) is 6.08. The lowest BCUT2D eigenvalue weighted by Gasteiger charge is -2.33. The van der Waals surface area contributed by atoms with Crippen molar-refractivity contribution in [1.29, 1.82) is 0 Å². The maximum atomic E-state index is 11.9. The molecule has 0 saturated carbocycles. The van der Waals surface area contributed by atoms with Gasteiger partial charge in [-0.1, -0.05) is 12.1 Å². The first-order valence-corrected chi connectivity index (χ1v) is 8.55. The number of nitrogens with one attached hydrogen (secondary N) is 1.